The molecule has 2 aliphatic heterocycles. The van der Waals surface area contributed by atoms with Gasteiger partial charge in [-0.15, -0.1) is 0 Å². The summed E-state index contributed by atoms with van der Waals surface area (Å²) in [6, 6.07) is -0.786. The fraction of sp³-hybridized carbons (Fsp3) is 0.429. The number of hydrogen-bond acceptors (Lipinski definition) is 9. The Hall–Kier alpha value is -4.56. The summed E-state index contributed by atoms with van der Waals surface area (Å²) < 4.78 is 4.81. The molecule has 192 valence electrons. The van der Waals surface area contributed by atoms with E-state index >= 15 is 0 Å². The van der Waals surface area contributed by atoms with Crippen molar-refractivity contribution in [3.8, 4) is 5.88 Å². The molecule has 2 saturated heterocycles. The van der Waals surface area contributed by atoms with Gasteiger partial charge in [-0.3, -0.25) is 29.4 Å². The van der Waals surface area contributed by atoms with Crippen molar-refractivity contribution in [3.63, 3.8) is 0 Å². The Labute approximate surface area is 204 Å². The lowest BCUT2D eigenvalue weighted by Crippen LogP contribution is -2.64. The summed E-state index contributed by atoms with van der Waals surface area (Å²) in [5.41, 5.74) is 2.42. The monoisotopic (exact) mass is 504 g/mol. The normalized spacial score (nSPS) is 18.5. The van der Waals surface area contributed by atoms with E-state index in [9.17, 15) is 33.6 Å². The Kier molecular flexibility index (Phi) is 8.14. The minimum Gasteiger partial charge on any atom is -0.481 e. The van der Waals surface area contributed by atoms with Gasteiger partial charge >= 0.3 is 18.0 Å². The predicted molar refractivity (Wildman–Crippen MR) is 117 cm³/mol. The molecule has 3 heterocycles. The Bertz CT molecular complexity index is 1080. The molecule has 2 aliphatic rings. The summed E-state index contributed by atoms with van der Waals surface area (Å²) in [4.78, 5) is 88.6. The molecule has 0 radical (unpaired) electrons. The maximum Gasteiger partial charge on any atom is 0.358 e. The Morgan fingerprint density at radius 1 is 1.25 bits per heavy atom. The largest absolute Gasteiger partial charge is 0.481 e. The number of esters is 1. The molecular formula is C21H24N6O9. The number of carbonyl (C=O) groups excluding carboxylic acids is 6. The Balaban J connectivity index is 1.77. The molecule has 36 heavy (non-hydrogen) atoms. The van der Waals surface area contributed by atoms with Crippen LogP contribution in [-0.2, 0) is 24.0 Å². The standard InChI is InChI=1S/C21H24N6O9/c1-12(29)36-16-5-4-13(10-22-16)19(33)24-25-8-6-17(30)26-7-2-3-15(27(26)21(25)35)20(34)23-14(11-28)9-18(31)32/h4-5,10-11,14-15H,2-3,6-9H2,1H3,(H,23,34)(H,24,33)(H,31,32)/t14-,15-/m0/s1. The lowest BCUT2D eigenvalue weighted by atomic mass is 10.1. The summed E-state index contributed by atoms with van der Waals surface area (Å²) in [5, 5.41) is 14.1. The summed E-state index contributed by atoms with van der Waals surface area (Å²) in [6.07, 6.45) is 1.14. The van der Waals surface area contributed by atoms with Crippen molar-refractivity contribution in [3.05, 3.63) is 23.9 Å². The fourth-order valence-corrected chi connectivity index (χ4v) is 3.73. The van der Waals surface area contributed by atoms with Crippen LogP contribution >= 0.6 is 0 Å². The van der Waals surface area contributed by atoms with Gasteiger partial charge in [-0.05, 0) is 18.9 Å². The van der Waals surface area contributed by atoms with E-state index in [1.807, 2.05) is 0 Å². The third-order valence-electron chi connectivity index (χ3n) is 5.34. The highest BCUT2D eigenvalue weighted by Crippen LogP contribution is 2.24. The van der Waals surface area contributed by atoms with Crippen molar-refractivity contribution in [1.29, 1.82) is 0 Å². The maximum atomic E-state index is 13.3. The van der Waals surface area contributed by atoms with Crippen LogP contribution in [0.2, 0.25) is 0 Å². The van der Waals surface area contributed by atoms with Gasteiger partial charge in [0.25, 0.3) is 5.91 Å². The molecule has 0 spiro atoms. The van der Waals surface area contributed by atoms with E-state index in [-0.39, 0.29) is 43.7 Å². The molecule has 3 rings (SSSR count). The van der Waals surface area contributed by atoms with Crippen molar-refractivity contribution in [2.45, 2.75) is 44.7 Å². The Morgan fingerprint density at radius 3 is 2.61 bits per heavy atom. The first-order valence-corrected chi connectivity index (χ1v) is 10.9. The van der Waals surface area contributed by atoms with Crippen molar-refractivity contribution < 1.29 is 43.4 Å². The Morgan fingerprint density at radius 2 is 2.00 bits per heavy atom. The lowest BCUT2D eigenvalue weighted by molar-refractivity contribution is -0.155. The number of hydrogen-bond donors (Lipinski definition) is 3. The average Bonchev–Trinajstić information content (AvgIpc) is 2.95. The number of nitrogens with one attached hydrogen (secondary N) is 2. The van der Waals surface area contributed by atoms with Crippen LogP contribution in [0.5, 0.6) is 5.88 Å². The number of aldehydes is 1. The minimum atomic E-state index is -1.32. The maximum absolute atomic E-state index is 13.3. The highest BCUT2D eigenvalue weighted by Gasteiger charge is 2.44. The lowest BCUT2D eigenvalue weighted by Gasteiger charge is -2.42. The number of aliphatic carboxylic acids is 1. The van der Waals surface area contributed by atoms with Crippen molar-refractivity contribution >= 4 is 42.0 Å². The van der Waals surface area contributed by atoms with Crippen LogP contribution < -0.4 is 15.5 Å². The van der Waals surface area contributed by atoms with E-state index in [1.54, 1.807) is 0 Å². The third-order valence-corrected chi connectivity index (χ3v) is 5.34. The number of ether oxygens (including phenoxy) is 1. The van der Waals surface area contributed by atoms with Crippen LogP contribution in [0, 0.1) is 0 Å². The molecule has 0 aromatic carbocycles. The van der Waals surface area contributed by atoms with E-state index < -0.39 is 54.2 Å². The van der Waals surface area contributed by atoms with Gasteiger partial charge < -0.3 is 20.0 Å². The van der Waals surface area contributed by atoms with Gasteiger partial charge in [-0.2, -0.15) is 0 Å². The number of hydrazine groups is 2. The van der Waals surface area contributed by atoms with E-state index in [0.717, 1.165) is 21.2 Å². The molecule has 0 aliphatic carbocycles. The van der Waals surface area contributed by atoms with Crippen LogP contribution in [0.4, 0.5) is 4.79 Å². The first kappa shape index (κ1) is 26.1. The molecule has 2 fully saturated rings. The molecule has 0 bridgehead atoms. The molecule has 0 saturated carbocycles. The number of pyridine rings is 1. The van der Waals surface area contributed by atoms with Gasteiger partial charge in [-0.25, -0.2) is 24.8 Å². The number of amides is 5. The number of nitrogens with zero attached hydrogens (tertiary/aromatic N) is 4. The first-order chi connectivity index (χ1) is 17.1. The van der Waals surface area contributed by atoms with Gasteiger partial charge in [0.1, 0.15) is 12.3 Å². The molecule has 15 nitrogen and oxygen atoms in total. The number of carboxylic acid groups (broad SMARTS) is 1. The zero-order valence-corrected chi connectivity index (χ0v) is 19.2. The molecule has 5 amide bonds. The summed E-state index contributed by atoms with van der Waals surface area (Å²) in [7, 11) is 0. The second-order valence-corrected chi connectivity index (χ2v) is 7.97. The predicted octanol–water partition coefficient (Wildman–Crippen LogP) is -1.16. The highest BCUT2D eigenvalue weighted by atomic mass is 16.5. The van der Waals surface area contributed by atoms with Gasteiger partial charge in [0.15, 0.2) is 0 Å². The first-order valence-electron chi connectivity index (χ1n) is 10.9. The number of aromatic nitrogens is 1. The van der Waals surface area contributed by atoms with Gasteiger partial charge in [0, 0.05) is 32.2 Å². The molecule has 1 aromatic rings. The number of carboxylic acids is 1. The quantitative estimate of drug-likeness (QED) is 0.287. The van der Waals surface area contributed by atoms with Crippen LogP contribution in [0.3, 0.4) is 0 Å². The molecular weight excluding hydrogens is 480 g/mol. The zero-order valence-electron chi connectivity index (χ0n) is 19.2. The summed E-state index contributed by atoms with van der Waals surface area (Å²) in [5.74, 6) is -3.92. The third kappa shape index (κ3) is 6.11. The van der Waals surface area contributed by atoms with E-state index in [0.29, 0.717) is 6.42 Å². The van der Waals surface area contributed by atoms with E-state index in [2.05, 4.69) is 15.7 Å². The van der Waals surface area contributed by atoms with Gasteiger partial charge in [0.05, 0.1) is 24.6 Å². The minimum absolute atomic E-state index is 0.0233. The van der Waals surface area contributed by atoms with Crippen molar-refractivity contribution in [1.82, 2.24) is 30.8 Å². The number of urea groups is 1. The average molecular weight is 504 g/mol. The van der Waals surface area contributed by atoms with Gasteiger partial charge in [-0.1, -0.05) is 0 Å². The van der Waals surface area contributed by atoms with Gasteiger partial charge in [0.2, 0.25) is 17.7 Å². The summed E-state index contributed by atoms with van der Waals surface area (Å²) in [6.45, 7) is 1.17. The molecule has 1 aromatic heterocycles. The SMILES string of the molecule is CC(=O)Oc1ccc(C(=O)NN2CCC(=O)N3CCC[C@@H](C(=O)N[C@H](C=O)CC(=O)O)N3C2=O)cn1. The smallest absolute Gasteiger partial charge is 0.358 e. The molecule has 0 unspecified atom stereocenters. The number of carbonyl (C=O) groups is 7. The van der Waals surface area contributed by atoms with Crippen molar-refractivity contribution in [2.75, 3.05) is 13.1 Å². The summed E-state index contributed by atoms with van der Waals surface area (Å²) >= 11 is 0. The zero-order chi connectivity index (χ0) is 26.4. The van der Waals surface area contributed by atoms with Crippen LogP contribution in [-0.4, -0.2) is 92.3 Å². The van der Waals surface area contributed by atoms with Crippen LogP contribution in [0.1, 0.15) is 43.0 Å². The molecule has 15 heteroatoms. The number of fused-ring (bicyclic) bond motifs is 1. The van der Waals surface area contributed by atoms with Crippen LogP contribution in [0.25, 0.3) is 0 Å². The van der Waals surface area contributed by atoms with Crippen molar-refractivity contribution in [2.24, 2.45) is 0 Å². The topological polar surface area (TPSA) is 196 Å². The fourth-order valence-electron chi connectivity index (χ4n) is 3.73. The number of rotatable bonds is 8. The van der Waals surface area contributed by atoms with E-state index in [4.69, 9.17) is 9.84 Å². The van der Waals surface area contributed by atoms with Crippen LogP contribution in [0.15, 0.2) is 18.3 Å². The second-order valence-electron chi connectivity index (χ2n) is 7.97. The van der Waals surface area contributed by atoms with E-state index in [1.165, 1.54) is 19.1 Å². The second kappa shape index (κ2) is 11.2. The molecule has 2 atom stereocenters. The highest BCUT2D eigenvalue weighted by molar-refractivity contribution is 5.96. The molecule has 3 N–H and O–H groups in total.